The lowest BCUT2D eigenvalue weighted by atomic mass is 10.1. The minimum atomic E-state index is -0.246. The molecular formula is C22H23BrN2O4. The van der Waals surface area contributed by atoms with Crippen LogP contribution in [0.15, 0.2) is 46.4 Å². The van der Waals surface area contributed by atoms with E-state index in [1.807, 2.05) is 50.2 Å². The first kappa shape index (κ1) is 20.9. The lowest BCUT2D eigenvalue weighted by Gasteiger charge is -2.20. The number of aryl methyl sites for hydroxylation is 1. The number of hydrogen-bond acceptors (Lipinski definition) is 4. The smallest absolute Gasteiger partial charge is 0.250 e. The molecule has 6 nitrogen and oxygen atoms in total. The van der Waals surface area contributed by atoms with Crippen molar-refractivity contribution in [3.63, 3.8) is 0 Å². The Labute approximate surface area is 178 Å². The minimum Gasteiger partial charge on any atom is -0.490 e. The van der Waals surface area contributed by atoms with E-state index in [0.717, 1.165) is 21.3 Å². The molecule has 0 aromatic heterocycles. The van der Waals surface area contributed by atoms with E-state index in [0.29, 0.717) is 23.7 Å². The molecule has 29 heavy (non-hydrogen) atoms. The highest BCUT2D eigenvalue weighted by atomic mass is 79.9. The summed E-state index contributed by atoms with van der Waals surface area (Å²) in [6.45, 7) is 4.77. The van der Waals surface area contributed by atoms with Gasteiger partial charge in [-0.25, -0.2) is 0 Å². The molecule has 0 atom stereocenters. The van der Waals surface area contributed by atoms with Crippen LogP contribution in [-0.4, -0.2) is 31.6 Å². The van der Waals surface area contributed by atoms with Gasteiger partial charge in [-0.05, 0) is 43.7 Å². The Hall–Kier alpha value is -2.80. The van der Waals surface area contributed by atoms with Gasteiger partial charge in [0.25, 0.3) is 5.91 Å². The fraction of sp³-hybridized carbons (Fsp3) is 0.273. The highest BCUT2D eigenvalue weighted by molar-refractivity contribution is 9.10. The van der Waals surface area contributed by atoms with E-state index in [-0.39, 0.29) is 31.4 Å². The number of para-hydroxylation sites is 1. The van der Waals surface area contributed by atoms with E-state index in [4.69, 9.17) is 9.47 Å². The van der Waals surface area contributed by atoms with Crippen molar-refractivity contribution in [1.82, 2.24) is 5.32 Å². The largest absolute Gasteiger partial charge is 0.490 e. The maximum absolute atomic E-state index is 12.4. The van der Waals surface area contributed by atoms with E-state index < -0.39 is 0 Å². The van der Waals surface area contributed by atoms with Crippen LogP contribution in [-0.2, 0) is 9.59 Å². The van der Waals surface area contributed by atoms with Gasteiger partial charge < -0.3 is 20.1 Å². The van der Waals surface area contributed by atoms with Crippen LogP contribution >= 0.6 is 15.9 Å². The lowest BCUT2D eigenvalue weighted by Crippen LogP contribution is -2.31. The van der Waals surface area contributed by atoms with Crippen LogP contribution in [0.25, 0.3) is 6.08 Å². The number of nitrogens with one attached hydrogen (secondary N) is 2. The molecule has 0 saturated heterocycles. The van der Waals surface area contributed by atoms with Crippen molar-refractivity contribution in [3.05, 3.63) is 57.6 Å². The molecule has 1 heterocycles. The van der Waals surface area contributed by atoms with Crippen LogP contribution in [0.5, 0.6) is 11.5 Å². The molecule has 2 aromatic rings. The number of fused-ring (bicyclic) bond motifs is 1. The molecular weight excluding hydrogens is 436 g/mol. The second-order valence-electron chi connectivity index (χ2n) is 6.58. The zero-order valence-electron chi connectivity index (χ0n) is 16.4. The SMILES string of the molecule is CCOc1cccc2c1OCC(C(=O)NCCC(=O)Nc1cc(Br)ccc1C)=C2. The van der Waals surface area contributed by atoms with Gasteiger partial charge in [0.1, 0.15) is 6.61 Å². The van der Waals surface area contributed by atoms with Crippen LogP contribution in [0.2, 0.25) is 0 Å². The zero-order valence-corrected chi connectivity index (χ0v) is 18.0. The van der Waals surface area contributed by atoms with Crippen LogP contribution in [0.3, 0.4) is 0 Å². The lowest BCUT2D eigenvalue weighted by molar-refractivity contribution is -0.118. The molecule has 1 aliphatic heterocycles. The van der Waals surface area contributed by atoms with Crippen LogP contribution in [0.4, 0.5) is 5.69 Å². The number of benzene rings is 2. The fourth-order valence-corrected chi connectivity index (χ4v) is 3.29. The molecule has 2 amide bonds. The molecule has 0 spiro atoms. The van der Waals surface area contributed by atoms with Gasteiger partial charge in [-0.1, -0.05) is 34.1 Å². The van der Waals surface area contributed by atoms with Gasteiger partial charge in [0.05, 0.1) is 12.2 Å². The third-order valence-corrected chi connectivity index (χ3v) is 4.91. The van der Waals surface area contributed by atoms with E-state index in [9.17, 15) is 9.59 Å². The normalized spacial score (nSPS) is 12.3. The van der Waals surface area contributed by atoms with Crippen molar-refractivity contribution >= 4 is 39.5 Å². The van der Waals surface area contributed by atoms with Gasteiger partial charge in [-0.15, -0.1) is 0 Å². The number of ether oxygens (including phenoxy) is 2. The van der Waals surface area contributed by atoms with E-state index in [2.05, 4.69) is 26.6 Å². The molecule has 0 fully saturated rings. The summed E-state index contributed by atoms with van der Waals surface area (Å²) in [5.74, 6) is 0.908. The summed E-state index contributed by atoms with van der Waals surface area (Å²) in [7, 11) is 0. The maximum atomic E-state index is 12.4. The van der Waals surface area contributed by atoms with Gasteiger partial charge in [0.2, 0.25) is 5.91 Å². The zero-order chi connectivity index (χ0) is 20.8. The van der Waals surface area contributed by atoms with E-state index >= 15 is 0 Å². The fourth-order valence-electron chi connectivity index (χ4n) is 2.93. The average molecular weight is 459 g/mol. The summed E-state index contributed by atoms with van der Waals surface area (Å²) in [6, 6.07) is 11.3. The third-order valence-electron chi connectivity index (χ3n) is 4.41. The van der Waals surface area contributed by atoms with Crippen molar-refractivity contribution in [3.8, 4) is 11.5 Å². The predicted octanol–water partition coefficient (Wildman–Crippen LogP) is 4.08. The number of carbonyl (C=O) groups is 2. The van der Waals surface area contributed by atoms with Crippen molar-refractivity contribution < 1.29 is 19.1 Å². The molecule has 2 aromatic carbocycles. The Morgan fingerprint density at radius 2 is 2.07 bits per heavy atom. The number of hydrogen-bond donors (Lipinski definition) is 2. The molecule has 3 rings (SSSR count). The Morgan fingerprint density at radius 3 is 2.86 bits per heavy atom. The highest BCUT2D eigenvalue weighted by Gasteiger charge is 2.20. The first-order valence-corrected chi connectivity index (χ1v) is 10.2. The first-order chi connectivity index (χ1) is 14.0. The Morgan fingerprint density at radius 1 is 1.24 bits per heavy atom. The number of rotatable bonds is 7. The molecule has 1 aliphatic rings. The van der Waals surface area contributed by atoms with Crippen LogP contribution in [0.1, 0.15) is 24.5 Å². The summed E-state index contributed by atoms with van der Waals surface area (Å²) in [5.41, 5.74) is 3.03. The molecule has 152 valence electrons. The number of anilines is 1. The van der Waals surface area contributed by atoms with Gasteiger partial charge >= 0.3 is 0 Å². The van der Waals surface area contributed by atoms with E-state index in [1.54, 1.807) is 6.08 Å². The summed E-state index contributed by atoms with van der Waals surface area (Å²) >= 11 is 3.39. The Balaban J connectivity index is 1.54. The number of amides is 2. The van der Waals surface area contributed by atoms with Crippen molar-refractivity contribution in [2.45, 2.75) is 20.3 Å². The standard InChI is InChI=1S/C22H23BrN2O4/c1-3-28-19-6-4-5-15-11-16(13-29-21(15)19)22(27)24-10-9-20(26)25-18-12-17(23)8-7-14(18)2/h4-8,11-12H,3,9-10,13H2,1-2H3,(H,24,27)(H,25,26). The van der Waals surface area contributed by atoms with Crippen molar-refractivity contribution in [1.29, 1.82) is 0 Å². The maximum Gasteiger partial charge on any atom is 0.250 e. The second-order valence-corrected chi connectivity index (χ2v) is 7.49. The predicted molar refractivity (Wildman–Crippen MR) is 116 cm³/mol. The topological polar surface area (TPSA) is 76.7 Å². The average Bonchev–Trinajstić information content (AvgIpc) is 2.70. The van der Waals surface area contributed by atoms with Gasteiger partial charge in [0.15, 0.2) is 11.5 Å². The van der Waals surface area contributed by atoms with Gasteiger partial charge in [-0.2, -0.15) is 0 Å². The Kier molecular flexibility index (Phi) is 6.93. The minimum absolute atomic E-state index is 0.159. The number of carbonyl (C=O) groups excluding carboxylic acids is 2. The summed E-state index contributed by atoms with van der Waals surface area (Å²) in [5, 5.41) is 5.64. The van der Waals surface area contributed by atoms with Crippen molar-refractivity contribution in [2.75, 3.05) is 25.1 Å². The molecule has 2 N–H and O–H groups in total. The monoisotopic (exact) mass is 458 g/mol. The summed E-state index contributed by atoms with van der Waals surface area (Å²) in [4.78, 5) is 24.6. The molecule has 0 unspecified atom stereocenters. The quantitative estimate of drug-likeness (QED) is 0.655. The van der Waals surface area contributed by atoms with Gasteiger partial charge in [0, 0.05) is 28.7 Å². The number of halogens is 1. The molecule has 0 aliphatic carbocycles. The first-order valence-electron chi connectivity index (χ1n) is 9.41. The second kappa shape index (κ2) is 9.60. The molecule has 0 radical (unpaired) electrons. The van der Waals surface area contributed by atoms with Gasteiger partial charge in [-0.3, -0.25) is 9.59 Å². The van der Waals surface area contributed by atoms with E-state index in [1.165, 1.54) is 0 Å². The van der Waals surface area contributed by atoms with Crippen molar-refractivity contribution in [2.24, 2.45) is 0 Å². The van der Waals surface area contributed by atoms with Crippen LogP contribution in [0, 0.1) is 6.92 Å². The summed E-state index contributed by atoms with van der Waals surface area (Å²) in [6.07, 6.45) is 1.97. The molecule has 7 heteroatoms. The third kappa shape index (κ3) is 5.38. The molecule has 0 saturated carbocycles. The Bertz CT molecular complexity index is 956. The summed E-state index contributed by atoms with van der Waals surface area (Å²) < 4.78 is 12.2. The van der Waals surface area contributed by atoms with Crippen LogP contribution < -0.4 is 20.1 Å². The molecule has 0 bridgehead atoms. The highest BCUT2D eigenvalue weighted by Crippen LogP contribution is 2.35.